The summed E-state index contributed by atoms with van der Waals surface area (Å²) in [4.78, 5) is 25.5. The molecular weight excluding hydrogens is 248 g/mol. The Morgan fingerprint density at radius 1 is 1.42 bits per heavy atom. The second-order valence-electron chi connectivity index (χ2n) is 4.43. The highest BCUT2D eigenvalue weighted by molar-refractivity contribution is 5.60. The molecule has 1 atom stereocenters. The van der Waals surface area contributed by atoms with Gasteiger partial charge in [0.1, 0.15) is 11.5 Å². The monoisotopic (exact) mass is 270 g/mol. The van der Waals surface area contributed by atoms with Crippen LogP contribution in [0.4, 0.5) is 11.5 Å². The van der Waals surface area contributed by atoms with Gasteiger partial charge in [-0.05, 0) is 19.3 Å². The quantitative estimate of drug-likeness (QED) is 0.555. The van der Waals surface area contributed by atoms with Crippen LogP contribution in [0.15, 0.2) is 9.59 Å². The number of H-pyrrole nitrogens is 1. The molecule has 0 saturated heterocycles. The first-order chi connectivity index (χ1) is 9.04. The zero-order valence-corrected chi connectivity index (χ0v) is 11.4. The van der Waals surface area contributed by atoms with Crippen molar-refractivity contribution in [3.63, 3.8) is 0 Å². The fourth-order valence-electron chi connectivity index (χ4n) is 1.95. The normalized spacial score (nSPS) is 12.4. The van der Waals surface area contributed by atoms with Gasteiger partial charge in [0.25, 0.3) is 5.56 Å². The van der Waals surface area contributed by atoms with E-state index < -0.39 is 11.2 Å². The number of anilines is 2. The molecule has 0 saturated carbocycles. The number of hydrogen-bond acceptors (Lipinski definition) is 5. The Morgan fingerprint density at radius 2 is 2.11 bits per heavy atom. The van der Waals surface area contributed by atoms with Crippen LogP contribution >= 0.6 is 0 Å². The Bertz CT molecular complexity index is 521. The number of nitrogens with two attached hydrogens (primary N) is 1. The maximum absolute atomic E-state index is 11.7. The van der Waals surface area contributed by atoms with Gasteiger partial charge in [0.2, 0.25) is 0 Å². The number of nitrogens with zero attached hydrogens (tertiary/aromatic N) is 1. The van der Waals surface area contributed by atoms with Gasteiger partial charge in [-0.25, -0.2) is 4.79 Å². The second kappa shape index (κ2) is 6.98. The van der Waals surface area contributed by atoms with Crippen molar-refractivity contribution in [2.24, 2.45) is 5.92 Å². The molecule has 1 heterocycles. The largest absolute Gasteiger partial charge is 0.396 e. The summed E-state index contributed by atoms with van der Waals surface area (Å²) in [6.45, 7) is 4.83. The van der Waals surface area contributed by atoms with E-state index in [2.05, 4.69) is 10.3 Å². The molecule has 0 aliphatic rings. The minimum absolute atomic E-state index is 0.112. The molecule has 0 amide bonds. The highest BCUT2D eigenvalue weighted by atomic mass is 16.3. The number of aromatic amines is 1. The van der Waals surface area contributed by atoms with E-state index in [1.807, 2.05) is 6.92 Å². The molecule has 0 spiro atoms. The lowest BCUT2D eigenvalue weighted by Gasteiger charge is -2.17. The summed E-state index contributed by atoms with van der Waals surface area (Å²) in [6.07, 6.45) is 1.55. The van der Waals surface area contributed by atoms with E-state index in [-0.39, 0.29) is 24.0 Å². The number of hydrogen-bond donors (Lipinski definition) is 4. The van der Waals surface area contributed by atoms with E-state index in [0.29, 0.717) is 19.5 Å². The first kappa shape index (κ1) is 15.3. The standard InChI is InChI=1S/C12H22N4O3/c1-3-8(5-6-17)7-14-9-10(13)16(4-2)12(19)15-11(9)18/h8,14,17H,3-7,13H2,1-2H3,(H,15,18,19). The van der Waals surface area contributed by atoms with E-state index in [4.69, 9.17) is 10.8 Å². The van der Waals surface area contributed by atoms with E-state index in [0.717, 1.165) is 6.42 Å². The van der Waals surface area contributed by atoms with E-state index >= 15 is 0 Å². The highest BCUT2D eigenvalue weighted by Crippen LogP contribution is 2.13. The van der Waals surface area contributed by atoms with Gasteiger partial charge in [0.15, 0.2) is 0 Å². The Labute approximate surface area is 111 Å². The highest BCUT2D eigenvalue weighted by Gasteiger charge is 2.13. The molecule has 1 aromatic rings. The summed E-state index contributed by atoms with van der Waals surface area (Å²) < 4.78 is 1.30. The fraction of sp³-hybridized carbons (Fsp3) is 0.667. The van der Waals surface area contributed by atoms with Crippen molar-refractivity contribution in [3.8, 4) is 0 Å². The van der Waals surface area contributed by atoms with Gasteiger partial charge in [0, 0.05) is 19.7 Å². The lowest BCUT2D eigenvalue weighted by Crippen LogP contribution is -2.34. The molecule has 7 nitrogen and oxygen atoms in total. The van der Waals surface area contributed by atoms with Crippen LogP contribution < -0.4 is 22.3 Å². The van der Waals surface area contributed by atoms with Crippen molar-refractivity contribution in [2.75, 3.05) is 24.2 Å². The molecule has 1 aromatic heterocycles. The molecule has 0 fully saturated rings. The third-order valence-electron chi connectivity index (χ3n) is 3.24. The average Bonchev–Trinajstić information content (AvgIpc) is 2.37. The van der Waals surface area contributed by atoms with Gasteiger partial charge in [0.05, 0.1) is 0 Å². The van der Waals surface area contributed by atoms with Crippen molar-refractivity contribution in [3.05, 3.63) is 20.8 Å². The van der Waals surface area contributed by atoms with Crippen LogP contribution in [-0.2, 0) is 6.54 Å². The maximum Gasteiger partial charge on any atom is 0.330 e. The van der Waals surface area contributed by atoms with Gasteiger partial charge < -0.3 is 16.2 Å². The van der Waals surface area contributed by atoms with Crippen LogP contribution in [0.2, 0.25) is 0 Å². The first-order valence-electron chi connectivity index (χ1n) is 6.52. The fourth-order valence-corrected chi connectivity index (χ4v) is 1.95. The van der Waals surface area contributed by atoms with Crippen molar-refractivity contribution in [1.82, 2.24) is 9.55 Å². The predicted molar refractivity (Wildman–Crippen MR) is 75.4 cm³/mol. The Hall–Kier alpha value is -1.76. The third-order valence-corrected chi connectivity index (χ3v) is 3.24. The number of aliphatic hydroxyl groups excluding tert-OH is 1. The molecule has 5 N–H and O–H groups in total. The molecule has 1 unspecified atom stereocenters. The van der Waals surface area contributed by atoms with Crippen LogP contribution in [0.3, 0.4) is 0 Å². The number of rotatable bonds is 7. The SMILES string of the molecule is CCC(CCO)CNc1c(N)n(CC)c(=O)[nH]c1=O. The summed E-state index contributed by atoms with van der Waals surface area (Å²) in [5.74, 6) is 0.404. The summed E-state index contributed by atoms with van der Waals surface area (Å²) in [5.41, 5.74) is 5.04. The second-order valence-corrected chi connectivity index (χ2v) is 4.43. The van der Waals surface area contributed by atoms with Crippen molar-refractivity contribution < 1.29 is 5.11 Å². The molecule has 19 heavy (non-hydrogen) atoms. The van der Waals surface area contributed by atoms with Gasteiger partial charge in [-0.3, -0.25) is 14.3 Å². The van der Waals surface area contributed by atoms with E-state index in [9.17, 15) is 9.59 Å². The smallest absolute Gasteiger partial charge is 0.330 e. The van der Waals surface area contributed by atoms with Crippen LogP contribution in [-0.4, -0.2) is 27.8 Å². The van der Waals surface area contributed by atoms with Gasteiger partial charge in [-0.2, -0.15) is 0 Å². The topological polar surface area (TPSA) is 113 Å². The molecule has 7 heteroatoms. The van der Waals surface area contributed by atoms with Gasteiger partial charge >= 0.3 is 5.69 Å². The maximum atomic E-state index is 11.7. The van der Waals surface area contributed by atoms with Gasteiger partial charge in [-0.1, -0.05) is 13.3 Å². The van der Waals surface area contributed by atoms with E-state index in [1.54, 1.807) is 6.92 Å². The molecular formula is C12H22N4O3. The number of aromatic nitrogens is 2. The predicted octanol–water partition coefficient (Wildman–Crippen LogP) is -0.0408. The summed E-state index contributed by atoms with van der Waals surface area (Å²) in [6, 6.07) is 0. The van der Waals surface area contributed by atoms with Crippen molar-refractivity contribution >= 4 is 11.5 Å². The third kappa shape index (κ3) is 3.60. The van der Waals surface area contributed by atoms with Crippen LogP contribution in [0, 0.1) is 5.92 Å². The van der Waals surface area contributed by atoms with Gasteiger partial charge in [-0.15, -0.1) is 0 Å². The number of nitrogen functional groups attached to an aromatic ring is 1. The Kier molecular flexibility index (Phi) is 5.62. The number of nitrogens with one attached hydrogen (secondary N) is 2. The average molecular weight is 270 g/mol. The van der Waals surface area contributed by atoms with Crippen molar-refractivity contribution in [2.45, 2.75) is 33.2 Å². The summed E-state index contributed by atoms with van der Waals surface area (Å²) in [7, 11) is 0. The summed E-state index contributed by atoms with van der Waals surface area (Å²) in [5, 5.41) is 11.9. The molecule has 1 rings (SSSR count). The molecule has 0 aliphatic carbocycles. The number of aliphatic hydroxyl groups is 1. The molecule has 0 radical (unpaired) electrons. The zero-order chi connectivity index (χ0) is 14.4. The molecule has 108 valence electrons. The zero-order valence-electron chi connectivity index (χ0n) is 11.4. The minimum atomic E-state index is -0.508. The first-order valence-corrected chi connectivity index (χ1v) is 6.52. The summed E-state index contributed by atoms with van der Waals surface area (Å²) >= 11 is 0. The molecule has 0 aromatic carbocycles. The lowest BCUT2D eigenvalue weighted by atomic mass is 10.0. The minimum Gasteiger partial charge on any atom is -0.396 e. The Balaban J connectivity index is 2.95. The Morgan fingerprint density at radius 3 is 2.63 bits per heavy atom. The molecule has 0 aliphatic heterocycles. The molecule has 0 bridgehead atoms. The lowest BCUT2D eigenvalue weighted by molar-refractivity contribution is 0.258. The van der Waals surface area contributed by atoms with Crippen molar-refractivity contribution in [1.29, 1.82) is 0 Å². The van der Waals surface area contributed by atoms with Crippen LogP contribution in [0.25, 0.3) is 0 Å². The van der Waals surface area contributed by atoms with Crippen LogP contribution in [0.5, 0.6) is 0 Å². The van der Waals surface area contributed by atoms with Crippen LogP contribution in [0.1, 0.15) is 26.7 Å². The van der Waals surface area contributed by atoms with E-state index in [1.165, 1.54) is 4.57 Å².